The van der Waals surface area contributed by atoms with Gasteiger partial charge in [-0.05, 0) is 6.42 Å². The third-order valence-corrected chi connectivity index (χ3v) is 2.03. The predicted molar refractivity (Wildman–Crippen MR) is 54.5 cm³/mol. The van der Waals surface area contributed by atoms with E-state index in [1.54, 1.807) is 0 Å². The van der Waals surface area contributed by atoms with Crippen LogP contribution >= 0.6 is 0 Å². The average Bonchev–Trinajstić information content (AvgIpc) is 2.73. The smallest absolute Gasteiger partial charge is 0.352 e. The molecule has 5 heteroatoms. The van der Waals surface area contributed by atoms with Crippen LogP contribution in [0.4, 0.5) is 0 Å². The summed E-state index contributed by atoms with van der Waals surface area (Å²) in [6.07, 6.45) is 1.78. The Balaban J connectivity index is 2.55. The summed E-state index contributed by atoms with van der Waals surface area (Å²) in [6.45, 7) is 3.83. The second-order valence-corrected chi connectivity index (χ2v) is 3.20. The summed E-state index contributed by atoms with van der Waals surface area (Å²) < 4.78 is 4.95. The zero-order chi connectivity index (χ0) is 11.1. The lowest BCUT2D eigenvalue weighted by Gasteiger charge is -2.05. The van der Waals surface area contributed by atoms with Crippen molar-refractivity contribution < 1.29 is 9.53 Å². The van der Waals surface area contributed by atoms with Crippen molar-refractivity contribution in [3.8, 4) is 6.07 Å². The molecule has 0 aromatic carbocycles. The van der Waals surface area contributed by atoms with Crippen LogP contribution in [0.5, 0.6) is 0 Å². The molecule has 82 valence electrons. The topological polar surface area (TPSA) is 74.2 Å². The number of rotatable bonds is 4. The largest absolute Gasteiger partial charge is 0.461 e. The first-order valence-corrected chi connectivity index (χ1v) is 5.08. The lowest BCUT2D eigenvalue weighted by molar-refractivity contribution is -0.138. The molecule has 0 amide bonds. The molecule has 1 aliphatic rings. The van der Waals surface area contributed by atoms with Crippen LogP contribution in [0.15, 0.2) is 11.4 Å². The number of carbonyl (C=O) groups excluding carboxylic acids is 1. The second-order valence-electron chi connectivity index (χ2n) is 3.20. The Morgan fingerprint density at radius 1 is 1.53 bits per heavy atom. The monoisotopic (exact) mass is 209 g/mol. The van der Waals surface area contributed by atoms with Crippen LogP contribution < -0.4 is 10.6 Å². The Morgan fingerprint density at radius 3 is 2.73 bits per heavy atom. The van der Waals surface area contributed by atoms with Gasteiger partial charge < -0.3 is 15.4 Å². The molecule has 0 aromatic rings. The van der Waals surface area contributed by atoms with Crippen LogP contribution in [-0.4, -0.2) is 25.7 Å². The van der Waals surface area contributed by atoms with Crippen LogP contribution in [0.1, 0.15) is 19.8 Å². The maximum absolute atomic E-state index is 11.5. The average molecular weight is 209 g/mol. The molecule has 2 N–H and O–H groups in total. The summed E-state index contributed by atoms with van der Waals surface area (Å²) in [5.41, 5.74) is 0.0311. The number of unbranched alkanes of at least 4 members (excludes halogenated alkanes) is 1. The number of carbonyl (C=O) groups is 1. The number of ether oxygens (including phenoxy) is 1. The van der Waals surface area contributed by atoms with Gasteiger partial charge in [-0.15, -0.1) is 0 Å². The first-order chi connectivity index (χ1) is 7.29. The van der Waals surface area contributed by atoms with Crippen LogP contribution in [-0.2, 0) is 9.53 Å². The molecule has 1 aliphatic heterocycles. The number of hydrogen-bond acceptors (Lipinski definition) is 5. The van der Waals surface area contributed by atoms with E-state index in [0.717, 1.165) is 25.9 Å². The molecule has 0 saturated carbocycles. The Kier molecular flexibility index (Phi) is 4.48. The minimum Gasteiger partial charge on any atom is -0.461 e. The summed E-state index contributed by atoms with van der Waals surface area (Å²) in [4.78, 5) is 11.5. The van der Waals surface area contributed by atoms with Gasteiger partial charge in [-0.25, -0.2) is 4.79 Å². The van der Waals surface area contributed by atoms with Gasteiger partial charge in [0.05, 0.1) is 6.61 Å². The van der Waals surface area contributed by atoms with Gasteiger partial charge >= 0.3 is 5.97 Å². The van der Waals surface area contributed by atoms with Gasteiger partial charge in [0, 0.05) is 13.1 Å². The molecule has 1 fully saturated rings. The Hall–Kier alpha value is -1.70. The first kappa shape index (κ1) is 11.4. The van der Waals surface area contributed by atoms with Gasteiger partial charge in [-0.2, -0.15) is 5.26 Å². The minimum absolute atomic E-state index is 0.0311. The molecule has 0 aliphatic carbocycles. The molecule has 0 unspecified atom stereocenters. The number of nitriles is 1. The first-order valence-electron chi connectivity index (χ1n) is 5.08. The quantitative estimate of drug-likeness (QED) is 0.300. The van der Waals surface area contributed by atoms with Gasteiger partial charge in [0.15, 0.2) is 5.57 Å². The molecule has 0 spiro atoms. The third-order valence-electron chi connectivity index (χ3n) is 2.03. The molecule has 0 aromatic heterocycles. The predicted octanol–water partition coefficient (Wildman–Crippen LogP) is 0.258. The van der Waals surface area contributed by atoms with E-state index in [4.69, 9.17) is 10.00 Å². The van der Waals surface area contributed by atoms with Crippen molar-refractivity contribution in [3.63, 3.8) is 0 Å². The molecule has 5 nitrogen and oxygen atoms in total. The second kappa shape index (κ2) is 5.91. The van der Waals surface area contributed by atoms with Crippen LogP contribution in [0.2, 0.25) is 0 Å². The Bertz CT molecular complexity index is 296. The van der Waals surface area contributed by atoms with Crippen molar-refractivity contribution in [2.45, 2.75) is 19.8 Å². The van der Waals surface area contributed by atoms with E-state index in [1.807, 2.05) is 13.0 Å². The maximum Gasteiger partial charge on any atom is 0.352 e. The van der Waals surface area contributed by atoms with Crippen molar-refractivity contribution in [2.75, 3.05) is 19.7 Å². The fourth-order valence-corrected chi connectivity index (χ4v) is 1.20. The zero-order valence-corrected chi connectivity index (χ0v) is 8.80. The normalized spacial score (nSPS) is 13.7. The third kappa shape index (κ3) is 3.17. The van der Waals surface area contributed by atoms with E-state index in [-0.39, 0.29) is 5.57 Å². The fourth-order valence-electron chi connectivity index (χ4n) is 1.20. The summed E-state index contributed by atoms with van der Waals surface area (Å²) in [7, 11) is 0. The summed E-state index contributed by atoms with van der Waals surface area (Å²) in [5, 5.41) is 14.7. The van der Waals surface area contributed by atoms with Gasteiger partial charge in [-0.1, -0.05) is 13.3 Å². The molecule has 0 radical (unpaired) electrons. The van der Waals surface area contributed by atoms with Gasteiger partial charge in [0.25, 0.3) is 0 Å². The number of nitrogens with one attached hydrogen (secondary N) is 2. The Labute approximate surface area is 89.1 Å². The number of esters is 1. The van der Waals surface area contributed by atoms with E-state index in [1.165, 1.54) is 0 Å². The standard InChI is InChI=1S/C10H15N3O2/c1-2-3-6-15-10(14)8(7-11)9-12-4-5-13-9/h12-13H,2-6H2,1H3. The molecule has 0 atom stereocenters. The van der Waals surface area contributed by atoms with Crippen LogP contribution in [0, 0.1) is 11.3 Å². The maximum atomic E-state index is 11.5. The van der Waals surface area contributed by atoms with E-state index in [9.17, 15) is 4.79 Å². The zero-order valence-electron chi connectivity index (χ0n) is 8.80. The van der Waals surface area contributed by atoms with Crippen molar-refractivity contribution in [1.29, 1.82) is 5.26 Å². The number of nitrogens with zero attached hydrogens (tertiary/aromatic N) is 1. The van der Waals surface area contributed by atoms with Crippen molar-refractivity contribution in [2.24, 2.45) is 0 Å². The van der Waals surface area contributed by atoms with Gasteiger partial charge in [0.2, 0.25) is 0 Å². The summed E-state index contributed by atoms with van der Waals surface area (Å²) in [6, 6.07) is 1.85. The Morgan fingerprint density at radius 2 is 2.20 bits per heavy atom. The highest BCUT2D eigenvalue weighted by molar-refractivity contribution is 5.93. The van der Waals surface area contributed by atoms with Crippen molar-refractivity contribution in [3.05, 3.63) is 11.4 Å². The lowest BCUT2D eigenvalue weighted by atomic mass is 10.3. The number of hydrogen-bond donors (Lipinski definition) is 2. The van der Waals surface area contributed by atoms with E-state index < -0.39 is 5.97 Å². The fraction of sp³-hybridized carbons (Fsp3) is 0.600. The van der Waals surface area contributed by atoms with E-state index >= 15 is 0 Å². The molecular weight excluding hydrogens is 194 g/mol. The van der Waals surface area contributed by atoms with Crippen molar-refractivity contribution >= 4 is 5.97 Å². The molecule has 1 heterocycles. The molecule has 15 heavy (non-hydrogen) atoms. The van der Waals surface area contributed by atoms with Crippen molar-refractivity contribution in [1.82, 2.24) is 10.6 Å². The van der Waals surface area contributed by atoms with E-state index in [0.29, 0.717) is 12.4 Å². The molecule has 1 rings (SSSR count). The highest BCUT2D eigenvalue weighted by Gasteiger charge is 2.19. The van der Waals surface area contributed by atoms with Crippen LogP contribution in [0.3, 0.4) is 0 Å². The van der Waals surface area contributed by atoms with Gasteiger partial charge in [0.1, 0.15) is 11.9 Å². The molecule has 1 saturated heterocycles. The summed E-state index contributed by atoms with van der Waals surface area (Å²) in [5.74, 6) is -0.0677. The molecular formula is C10H15N3O2. The van der Waals surface area contributed by atoms with Gasteiger partial charge in [-0.3, -0.25) is 0 Å². The minimum atomic E-state index is -0.553. The lowest BCUT2D eigenvalue weighted by Crippen LogP contribution is -2.19. The SMILES string of the molecule is CCCCOC(=O)C(C#N)=C1NCCN1. The highest BCUT2D eigenvalue weighted by Crippen LogP contribution is 2.04. The summed E-state index contributed by atoms with van der Waals surface area (Å²) >= 11 is 0. The molecule has 0 bridgehead atoms. The highest BCUT2D eigenvalue weighted by atomic mass is 16.5. The van der Waals surface area contributed by atoms with E-state index in [2.05, 4.69) is 10.6 Å². The van der Waals surface area contributed by atoms with Crippen LogP contribution in [0.25, 0.3) is 0 Å².